The number of piperidine rings is 1. The highest BCUT2D eigenvalue weighted by Gasteiger charge is 2.26. The molecule has 0 bridgehead atoms. The Hall–Kier alpha value is -2.92. The third kappa shape index (κ3) is 3.78. The number of carbonyl (C=O) groups is 1. The van der Waals surface area contributed by atoms with Crippen LogP contribution < -0.4 is 10.2 Å². The summed E-state index contributed by atoms with van der Waals surface area (Å²) in [6, 6.07) is 8.29. The maximum absolute atomic E-state index is 12.1. The second-order valence-electron chi connectivity index (χ2n) is 5.82. The van der Waals surface area contributed by atoms with Gasteiger partial charge >= 0.3 is 0 Å². The molecule has 1 saturated heterocycles. The molecule has 25 heavy (non-hydrogen) atoms. The first-order valence-corrected chi connectivity index (χ1v) is 8.79. The van der Waals surface area contributed by atoms with Gasteiger partial charge in [0.2, 0.25) is 0 Å². The lowest BCUT2D eigenvalue weighted by Gasteiger charge is -2.33. The Bertz CT molecular complexity index is 821. The van der Waals surface area contributed by atoms with Crippen LogP contribution in [-0.4, -0.2) is 30.0 Å². The van der Waals surface area contributed by atoms with Crippen molar-refractivity contribution in [3.05, 3.63) is 56.3 Å². The van der Waals surface area contributed by atoms with Gasteiger partial charge in [0, 0.05) is 36.1 Å². The van der Waals surface area contributed by atoms with Crippen molar-refractivity contribution in [2.24, 2.45) is 0 Å². The van der Waals surface area contributed by atoms with E-state index in [1.807, 2.05) is 21.7 Å². The van der Waals surface area contributed by atoms with Crippen molar-refractivity contribution in [1.82, 2.24) is 5.32 Å². The van der Waals surface area contributed by atoms with E-state index in [2.05, 4.69) is 5.32 Å². The van der Waals surface area contributed by atoms with Crippen molar-refractivity contribution in [2.45, 2.75) is 18.9 Å². The van der Waals surface area contributed by atoms with E-state index in [-0.39, 0.29) is 23.2 Å². The number of carbonyl (C=O) groups excluding carboxylic acids is 1. The molecule has 7 nitrogen and oxygen atoms in total. The van der Waals surface area contributed by atoms with E-state index in [1.54, 1.807) is 18.2 Å². The summed E-state index contributed by atoms with van der Waals surface area (Å²) in [6.45, 7) is 1.22. The number of nitrogens with zero attached hydrogens (tertiary/aromatic N) is 3. The Balaban J connectivity index is 1.65. The zero-order valence-electron chi connectivity index (χ0n) is 13.3. The number of nitro benzene ring substituents is 1. The van der Waals surface area contributed by atoms with Crippen LogP contribution in [0.25, 0.3) is 0 Å². The number of hydrogen-bond acceptors (Lipinski definition) is 6. The van der Waals surface area contributed by atoms with Crippen LogP contribution in [0.1, 0.15) is 28.8 Å². The Labute approximate surface area is 148 Å². The minimum absolute atomic E-state index is 0.0557. The summed E-state index contributed by atoms with van der Waals surface area (Å²) in [5.41, 5.74) is 1.40. The van der Waals surface area contributed by atoms with Crippen LogP contribution in [0.3, 0.4) is 0 Å². The Morgan fingerprint density at radius 1 is 1.36 bits per heavy atom. The molecule has 0 spiro atoms. The molecule has 1 fully saturated rings. The second kappa shape index (κ2) is 7.32. The van der Waals surface area contributed by atoms with Gasteiger partial charge in [-0.25, -0.2) is 0 Å². The van der Waals surface area contributed by atoms with Gasteiger partial charge in [0.05, 0.1) is 16.6 Å². The molecule has 1 amide bonds. The maximum Gasteiger partial charge on any atom is 0.293 e. The van der Waals surface area contributed by atoms with E-state index in [4.69, 9.17) is 5.26 Å². The molecule has 128 valence electrons. The van der Waals surface area contributed by atoms with E-state index >= 15 is 0 Å². The zero-order chi connectivity index (χ0) is 17.8. The summed E-state index contributed by atoms with van der Waals surface area (Å²) >= 11 is 1.48. The first-order valence-electron chi connectivity index (χ1n) is 7.85. The molecular formula is C17H16N4O3S. The van der Waals surface area contributed by atoms with Crippen LogP contribution in [-0.2, 0) is 0 Å². The number of nitriles is 1. The molecule has 0 atom stereocenters. The lowest BCUT2D eigenvalue weighted by atomic mass is 10.0. The smallest absolute Gasteiger partial charge is 0.293 e. The lowest BCUT2D eigenvalue weighted by Crippen LogP contribution is -2.44. The summed E-state index contributed by atoms with van der Waals surface area (Å²) in [5.74, 6) is -0.0796. The lowest BCUT2D eigenvalue weighted by molar-refractivity contribution is -0.384. The Morgan fingerprint density at radius 2 is 2.12 bits per heavy atom. The summed E-state index contributed by atoms with van der Waals surface area (Å²) in [7, 11) is 0. The molecule has 0 radical (unpaired) electrons. The van der Waals surface area contributed by atoms with Crippen LogP contribution in [0.4, 0.5) is 11.4 Å². The molecule has 1 aromatic heterocycles. The van der Waals surface area contributed by atoms with Crippen molar-refractivity contribution in [3.63, 3.8) is 0 Å². The number of amides is 1. The van der Waals surface area contributed by atoms with E-state index in [0.29, 0.717) is 37.2 Å². The SMILES string of the molecule is N#Cc1ccc(N2CCC(NC(=O)c3ccsc3)CC2)c([N+](=O)[O-])c1. The van der Waals surface area contributed by atoms with Crippen LogP contribution in [0.15, 0.2) is 35.0 Å². The summed E-state index contributed by atoms with van der Waals surface area (Å²) < 4.78 is 0. The highest BCUT2D eigenvalue weighted by molar-refractivity contribution is 7.08. The van der Waals surface area contributed by atoms with E-state index in [0.717, 1.165) is 0 Å². The molecule has 1 aliphatic rings. The number of hydrogen-bond donors (Lipinski definition) is 1. The highest BCUT2D eigenvalue weighted by atomic mass is 32.1. The zero-order valence-corrected chi connectivity index (χ0v) is 14.2. The number of benzene rings is 1. The van der Waals surface area contributed by atoms with Gasteiger partial charge in [0.15, 0.2) is 0 Å². The van der Waals surface area contributed by atoms with Gasteiger partial charge in [0.25, 0.3) is 11.6 Å². The Kier molecular flexibility index (Phi) is 4.95. The quantitative estimate of drug-likeness (QED) is 0.671. The standard InChI is InChI=1S/C17H16N4O3S/c18-10-12-1-2-15(16(9-12)21(23)24)20-6-3-14(4-7-20)19-17(22)13-5-8-25-11-13/h1-2,5,8-9,11,14H,3-4,6-7H2,(H,19,22). The number of nitro groups is 1. The molecule has 0 aliphatic carbocycles. The number of rotatable bonds is 4. The number of thiophene rings is 1. The van der Waals surface area contributed by atoms with E-state index in [9.17, 15) is 14.9 Å². The first-order chi connectivity index (χ1) is 12.1. The summed E-state index contributed by atoms with van der Waals surface area (Å²) in [4.78, 5) is 24.9. The van der Waals surface area contributed by atoms with Crippen molar-refractivity contribution in [3.8, 4) is 6.07 Å². The van der Waals surface area contributed by atoms with Gasteiger partial charge < -0.3 is 10.2 Å². The van der Waals surface area contributed by atoms with Gasteiger partial charge in [-0.05, 0) is 36.4 Å². The second-order valence-corrected chi connectivity index (χ2v) is 6.60. The first kappa shape index (κ1) is 16.9. The van der Waals surface area contributed by atoms with Crippen LogP contribution in [0.5, 0.6) is 0 Å². The summed E-state index contributed by atoms with van der Waals surface area (Å²) in [5, 5.41) is 26.9. The predicted octanol–water partition coefficient (Wildman–Crippen LogP) is 2.93. The van der Waals surface area contributed by atoms with E-state index < -0.39 is 4.92 Å². The molecular weight excluding hydrogens is 340 g/mol. The van der Waals surface area contributed by atoms with Crippen LogP contribution in [0, 0.1) is 21.4 Å². The minimum atomic E-state index is -0.458. The molecule has 1 aromatic carbocycles. The Morgan fingerprint density at radius 3 is 2.72 bits per heavy atom. The summed E-state index contributed by atoms with van der Waals surface area (Å²) in [6.07, 6.45) is 1.43. The molecule has 3 rings (SSSR count). The fourth-order valence-corrected chi connectivity index (χ4v) is 3.57. The average molecular weight is 356 g/mol. The molecule has 1 N–H and O–H groups in total. The maximum atomic E-state index is 12.1. The molecule has 1 aliphatic heterocycles. The monoisotopic (exact) mass is 356 g/mol. The van der Waals surface area contributed by atoms with Gasteiger partial charge in [0.1, 0.15) is 5.69 Å². The fourth-order valence-electron chi connectivity index (χ4n) is 2.93. The fraction of sp³-hybridized carbons (Fsp3) is 0.294. The van der Waals surface area contributed by atoms with Gasteiger partial charge in [-0.15, -0.1) is 0 Å². The molecule has 2 heterocycles. The predicted molar refractivity (Wildman–Crippen MR) is 94.8 cm³/mol. The van der Waals surface area contributed by atoms with E-state index in [1.165, 1.54) is 17.4 Å². The van der Waals surface area contributed by atoms with Crippen molar-refractivity contribution < 1.29 is 9.72 Å². The molecule has 0 saturated carbocycles. The van der Waals surface area contributed by atoms with Gasteiger partial charge in [-0.1, -0.05) is 0 Å². The van der Waals surface area contributed by atoms with Crippen molar-refractivity contribution in [1.29, 1.82) is 5.26 Å². The molecule has 2 aromatic rings. The van der Waals surface area contributed by atoms with Crippen molar-refractivity contribution in [2.75, 3.05) is 18.0 Å². The number of anilines is 1. The molecule has 8 heteroatoms. The molecule has 0 unspecified atom stereocenters. The highest BCUT2D eigenvalue weighted by Crippen LogP contribution is 2.31. The van der Waals surface area contributed by atoms with Crippen LogP contribution in [0.2, 0.25) is 0 Å². The average Bonchev–Trinajstić information content (AvgIpc) is 3.16. The van der Waals surface area contributed by atoms with Crippen molar-refractivity contribution >= 4 is 28.6 Å². The third-order valence-electron chi connectivity index (χ3n) is 4.26. The normalized spacial score (nSPS) is 14.8. The number of nitrogens with one attached hydrogen (secondary N) is 1. The van der Waals surface area contributed by atoms with Gasteiger partial charge in [-0.3, -0.25) is 14.9 Å². The van der Waals surface area contributed by atoms with Gasteiger partial charge in [-0.2, -0.15) is 16.6 Å². The third-order valence-corrected chi connectivity index (χ3v) is 4.94. The minimum Gasteiger partial charge on any atom is -0.366 e. The topological polar surface area (TPSA) is 99.3 Å². The largest absolute Gasteiger partial charge is 0.366 e. The van der Waals surface area contributed by atoms with Crippen LogP contribution >= 0.6 is 11.3 Å².